The molecule has 0 spiro atoms. The fourth-order valence-electron chi connectivity index (χ4n) is 2.48. The van der Waals surface area contributed by atoms with Crippen molar-refractivity contribution >= 4 is 23.4 Å². The van der Waals surface area contributed by atoms with Gasteiger partial charge in [0.1, 0.15) is 11.2 Å². The van der Waals surface area contributed by atoms with Gasteiger partial charge in [-0.3, -0.25) is 9.59 Å². The monoisotopic (exact) mass is 388 g/mol. The SMILES string of the molecule is COc1ccc(CNC(=O)C(C)(C)C(=O)NCCc2cccc(Cl)c2)cc1. The van der Waals surface area contributed by atoms with Crippen molar-refractivity contribution in [2.24, 2.45) is 5.41 Å². The molecule has 0 radical (unpaired) electrons. The number of hydrogen-bond acceptors (Lipinski definition) is 3. The van der Waals surface area contributed by atoms with E-state index in [1.165, 1.54) is 0 Å². The van der Waals surface area contributed by atoms with Gasteiger partial charge in [-0.15, -0.1) is 0 Å². The molecule has 0 saturated carbocycles. The van der Waals surface area contributed by atoms with Crippen LogP contribution in [-0.4, -0.2) is 25.5 Å². The molecule has 0 unspecified atom stereocenters. The maximum atomic E-state index is 12.5. The van der Waals surface area contributed by atoms with Crippen LogP contribution in [0.1, 0.15) is 25.0 Å². The molecule has 0 saturated heterocycles. The molecular weight excluding hydrogens is 364 g/mol. The average Bonchev–Trinajstić information content (AvgIpc) is 2.66. The lowest BCUT2D eigenvalue weighted by Crippen LogP contribution is -2.48. The largest absolute Gasteiger partial charge is 0.497 e. The maximum absolute atomic E-state index is 12.5. The molecule has 0 aliphatic carbocycles. The predicted molar refractivity (Wildman–Crippen MR) is 107 cm³/mol. The Morgan fingerprint density at radius 3 is 2.30 bits per heavy atom. The van der Waals surface area contributed by atoms with Crippen molar-refractivity contribution in [3.63, 3.8) is 0 Å². The molecule has 144 valence electrons. The molecule has 0 heterocycles. The number of ether oxygens (including phenoxy) is 1. The van der Waals surface area contributed by atoms with Gasteiger partial charge in [0, 0.05) is 18.1 Å². The van der Waals surface area contributed by atoms with Gasteiger partial charge in [-0.2, -0.15) is 0 Å². The Morgan fingerprint density at radius 1 is 1.00 bits per heavy atom. The third-order valence-electron chi connectivity index (χ3n) is 4.34. The summed E-state index contributed by atoms with van der Waals surface area (Å²) in [4.78, 5) is 24.9. The summed E-state index contributed by atoms with van der Waals surface area (Å²) in [6.45, 7) is 4.02. The first kappa shape index (κ1) is 20.8. The Labute approximate surface area is 165 Å². The Kier molecular flexibility index (Phi) is 7.25. The molecule has 2 aromatic rings. The van der Waals surface area contributed by atoms with E-state index in [9.17, 15) is 9.59 Å². The first-order chi connectivity index (χ1) is 12.8. The highest BCUT2D eigenvalue weighted by atomic mass is 35.5. The van der Waals surface area contributed by atoms with Crippen LogP contribution in [0.2, 0.25) is 5.02 Å². The molecule has 0 aliphatic rings. The van der Waals surface area contributed by atoms with Crippen LogP contribution in [0.15, 0.2) is 48.5 Å². The quantitative estimate of drug-likeness (QED) is 0.681. The Morgan fingerprint density at radius 2 is 1.67 bits per heavy atom. The van der Waals surface area contributed by atoms with Crippen LogP contribution < -0.4 is 15.4 Å². The molecule has 0 aromatic heterocycles. The number of halogens is 1. The van der Waals surface area contributed by atoms with E-state index in [0.29, 0.717) is 24.5 Å². The zero-order chi connectivity index (χ0) is 19.9. The number of methoxy groups -OCH3 is 1. The summed E-state index contributed by atoms with van der Waals surface area (Å²) >= 11 is 5.96. The van der Waals surface area contributed by atoms with Crippen LogP contribution in [0.5, 0.6) is 5.75 Å². The molecule has 5 nitrogen and oxygen atoms in total. The molecule has 2 aromatic carbocycles. The number of amides is 2. The summed E-state index contributed by atoms with van der Waals surface area (Å²) in [5, 5.41) is 6.30. The topological polar surface area (TPSA) is 67.4 Å². The molecule has 0 aliphatic heterocycles. The predicted octanol–water partition coefficient (Wildman–Crippen LogP) is 3.35. The second-order valence-corrected chi connectivity index (χ2v) is 7.23. The van der Waals surface area contributed by atoms with Crippen LogP contribution in [0.3, 0.4) is 0 Å². The summed E-state index contributed by atoms with van der Waals surface area (Å²) in [5.41, 5.74) is 0.798. The highest BCUT2D eigenvalue weighted by molar-refractivity contribution is 6.30. The second-order valence-electron chi connectivity index (χ2n) is 6.79. The van der Waals surface area contributed by atoms with Crippen LogP contribution in [0, 0.1) is 5.41 Å². The lowest BCUT2D eigenvalue weighted by atomic mass is 9.91. The van der Waals surface area contributed by atoms with Gasteiger partial charge in [0.25, 0.3) is 0 Å². The number of benzene rings is 2. The number of carbonyl (C=O) groups is 2. The summed E-state index contributed by atoms with van der Waals surface area (Å²) < 4.78 is 5.11. The minimum atomic E-state index is -1.17. The number of carbonyl (C=O) groups excluding carboxylic acids is 2. The van der Waals surface area contributed by atoms with Crippen LogP contribution in [0.4, 0.5) is 0 Å². The van der Waals surface area contributed by atoms with E-state index >= 15 is 0 Å². The van der Waals surface area contributed by atoms with E-state index in [-0.39, 0.29) is 11.8 Å². The Balaban J connectivity index is 1.83. The fourth-order valence-corrected chi connectivity index (χ4v) is 2.70. The normalized spacial score (nSPS) is 11.0. The minimum Gasteiger partial charge on any atom is -0.497 e. The number of rotatable bonds is 8. The van der Waals surface area contributed by atoms with Crippen molar-refractivity contribution in [1.29, 1.82) is 0 Å². The minimum absolute atomic E-state index is 0.309. The number of nitrogens with one attached hydrogen (secondary N) is 2. The van der Waals surface area contributed by atoms with Crippen molar-refractivity contribution in [3.05, 3.63) is 64.7 Å². The molecule has 0 bridgehead atoms. The van der Waals surface area contributed by atoms with Crippen LogP contribution in [-0.2, 0) is 22.6 Å². The van der Waals surface area contributed by atoms with Crippen molar-refractivity contribution < 1.29 is 14.3 Å². The molecule has 0 atom stereocenters. The van der Waals surface area contributed by atoms with E-state index in [2.05, 4.69) is 10.6 Å². The lowest BCUT2D eigenvalue weighted by Gasteiger charge is -2.23. The fraction of sp³-hybridized carbons (Fsp3) is 0.333. The summed E-state index contributed by atoms with van der Waals surface area (Å²) in [7, 11) is 1.60. The van der Waals surface area contributed by atoms with Gasteiger partial charge in [-0.25, -0.2) is 0 Å². The highest BCUT2D eigenvalue weighted by Gasteiger charge is 2.35. The van der Waals surface area contributed by atoms with E-state index in [1.807, 2.05) is 42.5 Å². The van der Waals surface area contributed by atoms with Crippen molar-refractivity contribution in [3.8, 4) is 5.75 Å². The Bertz CT molecular complexity index is 788. The van der Waals surface area contributed by atoms with Gasteiger partial charge in [0.05, 0.1) is 7.11 Å². The first-order valence-electron chi connectivity index (χ1n) is 8.77. The van der Waals surface area contributed by atoms with E-state index in [1.54, 1.807) is 27.0 Å². The van der Waals surface area contributed by atoms with Gasteiger partial charge >= 0.3 is 0 Å². The molecule has 2 rings (SSSR count). The molecule has 2 N–H and O–H groups in total. The zero-order valence-electron chi connectivity index (χ0n) is 15.8. The van der Waals surface area contributed by atoms with Gasteiger partial charge in [0.2, 0.25) is 11.8 Å². The van der Waals surface area contributed by atoms with Gasteiger partial charge in [-0.1, -0.05) is 35.9 Å². The third kappa shape index (κ3) is 6.00. The zero-order valence-corrected chi connectivity index (χ0v) is 16.6. The van der Waals surface area contributed by atoms with E-state index in [4.69, 9.17) is 16.3 Å². The van der Waals surface area contributed by atoms with E-state index < -0.39 is 5.41 Å². The summed E-state index contributed by atoms with van der Waals surface area (Å²) in [5.74, 6) is 0.125. The average molecular weight is 389 g/mol. The highest BCUT2D eigenvalue weighted by Crippen LogP contribution is 2.17. The van der Waals surface area contributed by atoms with Crippen LogP contribution in [0.25, 0.3) is 0 Å². The molecule has 0 fully saturated rings. The van der Waals surface area contributed by atoms with E-state index in [0.717, 1.165) is 16.9 Å². The Hall–Kier alpha value is -2.53. The van der Waals surface area contributed by atoms with Gasteiger partial charge < -0.3 is 15.4 Å². The maximum Gasteiger partial charge on any atom is 0.235 e. The third-order valence-corrected chi connectivity index (χ3v) is 4.57. The molecular formula is C21H25ClN2O3. The molecule has 2 amide bonds. The van der Waals surface area contributed by atoms with Crippen molar-refractivity contribution in [1.82, 2.24) is 10.6 Å². The molecule has 6 heteroatoms. The standard InChI is InChI=1S/C21H25ClN2O3/c1-21(2,19(25)23-12-11-15-5-4-6-17(22)13-15)20(26)24-14-16-7-9-18(27-3)10-8-16/h4-10,13H,11-12,14H2,1-3H3,(H,23,25)(H,24,26). The van der Waals surface area contributed by atoms with Crippen molar-refractivity contribution in [2.45, 2.75) is 26.8 Å². The number of hydrogen-bond donors (Lipinski definition) is 2. The van der Waals surface area contributed by atoms with Gasteiger partial charge in [0.15, 0.2) is 0 Å². The van der Waals surface area contributed by atoms with Gasteiger partial charge in [-0.05, 0) is 55.7 Å². The van der Waals surface area contributed by atoms with Crippen LogP contribution >= 0.6 is 11.6 Å². The summed E-state index contributed by atoms with van der Waals surface area (Å²) in [6, 6.07) is 14.9. The second kappa shape index (κ2) is 9.42. The first-order valence-corrected chi connectivity index (χ1v) is 9.14. The summed E-state index contributed by atoms with van der Waals surface area (Å²) in [6.07, 6.45) is 0.649. The lowest BCUT2D eigenvalue weighted by molar-refractivity contribution is -0.141. The smallest absolute Gasteiger partial charge is 0.235 e. The molecule has 27 heavy (non-hydrogen) atoms. The van der Waals surface area contributed by atoms with Crippen molar-refractivity contribution in [2.75, 3.05) is 13.7 Å².